The molecule has 0 aromatic heterocycles. The van der Waals surface area contributed by atoms with Crippen LogP contribution in [-0.4, -0.2) is 65.9 Å². The van der Waals surface area contributed by atoms with E-state index in [0.717, 1.165) is 43.7 Å². The van der Waals surface area contributed by atoms with Crippen molar-refractivity contribution in [3.63, 3.8) is 0 Å². The van der Waals surface area contributed by atoms with Gasteiger partial charge in [0.05, 0.1) is 0 Å². The molecule has 0 bridgehead atoms. The number of imide groups is 1. The standard InChI is InChI=1S/C17H28N4O3/c1-2-13-4-6-17(7-5-13)15(23)21(16(24)19-17)12-14(22)20-10-3-8-18-9-11-20/h13,18H,2-12H2,1H3,(H,19,24). The number of urea groups is 1. The number of hydrogen-bond donors (Lipinski definition) is 2. The fourth-order valence-corrected chi connectivity index (χ4v) is 4.07. The van der Waals surface area contributed by atoms with Crippen molar-refractivity contribution in [2.24, 2.45) is 5.92 Å². The summed E-state index contributed by atoms with van der Waals surface area (Å²) in [4.78, 5) is 40.5. The van der Waals surface area contributed by atoms with Gasteiger partial charge in [-0.25, -0.2) is 4.79 Å². The Morgan fingerprint density at radius 2 is 1.96 bits per heavy atom. The molecule has 3 fully saturated rings. The third-order valence-electron chi connectivity index (χ3n) is 5.77. The highest BCUT2D eigenvalue weighted by Gasteiger charge is 2.52. The van der Waals surface area contributed by atoms with Crippen LogP contribution in [0.15, 0.2) is 0 Å². The molecule has 24 heavy (non-hydrogen) atoms. The summed E-state index contributed by atoms with van der Waals surface area (Å²) >= 11 is 0. The van der Waals surface area contributed by atoms with Gasteiger partial charge in [-0.2, -0.15) is 0 Å². The summed E-state index contributed by atoms with van der Waals surface area (Å²) in [6.45, 7) is 5.00. The second kappa shape index (κ2) is 7.09. The van der Waals surface area contributed by atoms with E-state index < -0.39 is 11.6 Å². The third kappa shape index (κ3) is 3.27. The summed E-state index contributed by atoms with van der Waals surface area (Å²) in [5.41, 5.74) is -0.761. The highest BCUT2D eigenvalue weighted by Crippen LogP contribution is 2.37. The number of carbonyl (C=O) groups is 3. The molecule has 4 amide bonds. The lowest BCUT2D eigenvalue weighted by Gasteiger charge is -2.34. The van der Waals surface area contributed by atoms with Crippen molar-refractivity contribution in [3.05, 3.63) is 0 Å². The molecule has 2 aliphatic heterocycles. The highest BCUT2D eigenvalue weighted by molar-refractivity contribution is 6.09. The molecule has 3 aliphatic rings. The zero-order valence-corrected chi connectivity index (χ0v) is 14.5. The molecule has 1 aliphatic carbocycles. The van der Waals surface area contributed by atoms with Gasteiger partial charge in [-0.05, 0) is 44.6 Å². The van der Waals surface area contributed by atoms with Gasteiger partial charge in [0.1, 0.15) is 12.1 Å². The second-order valence-electron chi connectivity index (χ2n) is 7.24. The van der Waals surface area contributed by atoms with Crippen LogP contribution in [-0.2, 0) is 9.59 Å². The molecule has 7 nitrogen and oxygen atoms in total. The minimum atomic E-state index is -0.761. The summed E-state index contributed by atoms with van der Waals surface area (Å²) in [5, 5.41) is 6.13. The van der Waals surface area contributed by atoms with Crippen molar-refractivity contribution in [1.29, 1.82) is 0 Å². The summed E-state index contributed by atoms with van der Waals surface area (Å²) in [5.74, 6) is 0.297. The van der Waals surface area contributed by atoms with Crippen molar-refractivity contribution in [2.75, 3.05) is 32.7 Å². The van der Waals surface area contributed by atoms with Crippen LogP contribution >= 0.6 is 0 Å². The van der Waals surface area contributed by atoms with Crippen LogP contribution < -0.4 is 10.6 Å². The van der Waals surface area contributed by atoms with Gasteiger partial charge in [-0.1, -0.05) is 13.3 Å². The van der Waals surface area contributed by atoms with Gasteiger partial charge in [0.25, 0.3) is 5.91 Å². The number of hydrogen-bond acceptors (Lipinski definition) is 4. The highest BCUT2D eigenvalue weighted by atomic mass is 16.2. The number of carbonyl (C=O) groups excluding carboxylic acids is 3. The molecule has 7 heteroatoms. The Labute approximate surface area is 143 Å². The van der Waals surface area contributed by atoms with Crippen LogP contribution in [0.2, 0.25) is 0 Å². The minimum absolute atomic E-state index is 0.135. The van der Waals surface area contributed by atoms with E-state index in [0.29, 0.717) is 31.8 Å². The van der Waals surface area contributed by atoms with Gasteiger partial charge in [0.15, 0.2) is 0 Å². The van der Waals surface area contributed by atoms with Crippen molar-refractivity contribution >= 4 is 17.8 Å². The van der Waals surface area contributed by atoms with E-state index in [4.69, 9.17) is 0 Å². The van der Waals surface area contributed by atoms with Gasteiger partial charge < -0.3 is 15.5 Å². The molecule has 134 valence electrons. The van der Waals surface area contributed by atoms with Crippen LogP contribution in [0.4, 0.5) is 4.79 Å². The Balaban J connectivity index is 1.63. The fraction of sp³-hybridized carbons (Fsp3) is 0.824. The van der Waals surface area contributed by atoms with Gasteiger partial charge >= 0.3 is 6.03 Å². The van der Waals surface area contributed by atoms with Gasteiger partial charge in [0, 0.05) is 19.6 Å². The molecular weight excluding hydrogens is 308 g/mol. The Morgan fingerprint density at radius 1 is 1.21 bits per heavy atom. The lowest BCUT2D eigenvalue weighted by atomic mass is 9.75. The minimum Gasteiger partial charge on any atom is -0.340 e. The monoisotopic (exact) mass is 336 g/mol. The molecule has 0 unspecified atom stereocenters. The number of amides is 4. The van der Waals surface area contributed by atoms with Gasteiger partial charge in [-0.15, -0.1) is 0 Å². The quantitative estimate of drug-likeness (QED) is 0.743. The molecular formula is C17H28N4O3. The van der Waals surface area contributed by atoms with Crippen LogP contribution in [0.5, 0.6) is 0 Å². The average Bonchev–Trinajstić information content (AvgIpc) is 2.81. The van der Waals surface area contributed by atoms with Crippen LogP contribution in [0.3, 0.4) is 0 Å². The lowest BCUT2D eigenvalue weighted by molar-refractivity contribution is -0.139. The molecule has 0 aromatic carbocycles. The maximum Gasteiger partial charge on any atom is 0.325 e. The molecule has 2 heterocycles. The third-order valence-corrected chi connectivity index (χ3v) is 5.77. The number of rotatable bonds is 3. The maximum atomic E-state index is 12.8. The first-order valence-corrected chi connectivity index (χ1v) is 9.18. The van der Waals surface area contributed by atoms with Gasteiger partial charge in [0.2, 0.25) is 5.91 Å². The average molecular weight is 336 g/mol. The SMILES string of the molecule is CCC1CCC2(CC1)NC(=O)N(CC(=O)N1CCCNCC1)C2=O. The lowest BCUT2D eigenvalue weighted by Crippen LogP contribution is -2.50. The molecule has 2 N–H and O–H groups in total. The molecule has 0 radical (unpaired) electrons. The van der Waals surface area contributed by atoms with E-state index in [1.807, 2.05) is 0 Å². The van der Waals surface area contributed by atoms with Crippen molar-refractivity contribution in [3.8, 4) is 0 Å². The molecule has 1 saturated carbocycles. The summed E-state index contributed by atoms with van der Waals surface area (Å²) in [6, 6.07) is -0.406. The first kappa shape index (κ1) is 17.2. The molecule has 0 atom stereocenters. The Hall–Kier alpha value is -1.63. The molecule has 2 saturated heterocycles. The Kier molecular flexibility index (Phi) is 5.08. The van der Waals surface area contributed by atoms with Crippen LogP contribution in [0, 0.1) is 5.92 Å². The molecule has 0 aromatic rings. The largest absolute Gasteiger partial charge is 0.340 e. The summed E-state index contributed by atoms with van der Waals surface area (Å²) in [7, 11) is 0. The second-order valence-corrected chi connectivity index (χ2v) is 7.24. The predicted octanol–water partition coefficient (Wildman–Crippen LogP) is 0.699. The van der Waals surface area contributed by atoms with E-state index in [9.17, 15) is 14.4 Å². The number of nitrogens with one attached hydrogen (secondary N) is 2. The normalized spacial score (nSPS) is 31.3. The van der Waals surface area contributed by atoms with Crippen LogP contribution in [0.25, 0.3) is 0 Å². The summed E-state index contributed by atoms with van der Waals surface area (Å²) in [6.07, 6.45) is 5.31. The Morgan fingerprint density at radius 3 is 2.67 bits per heavy atom. The zero-order valence-electron chi connectivity index (χ0n) is 14.5. The zero-order chi connectivity index (χ0) is 17.2. The first-order chi connectivity index (χ1) is 11.6. The first-order valence-electron chi connectivity index (χ1n) is 9.18. The van der Waals surface area contributed by atoms with E-state index >= 15 is 0 Å². The maximum absolute atomic E-state index is 12.8. The molecule has 3 rings (SSSR count). The number of nitrogens with zero attached hydrogens (tertiary/aromatic N) is 2. The van der Waals surface area contributed by atoms with Crippen molar-refractivity contribution in [1.82, 2.24) is 20.4 Å². The van der Waals surface area contributed by atoms with E-state index in [1.54, 1.807) is 4.90 Å². The van der Waals surface area contributed by atoms with E-state index in [2.05, 4.69) is 17.6 Å². The molecule has 1 spiro atoms. The topological polar surface area (TPSA) is 81.8 Å². The van der Waals surface area contributed by atoms with Crippen molar-refractivity contribution < 1.29 is 14.4 Å². The Bertz CT molecular complexity index is 506. The van der Waals surface area contributed by atoms with E-state index in [1.165, 1.54) is 0 Å². The summed E-state index contributed by atoms with van der Waals surface area (Å²) < 4.78 is 0. The van der Waals surface area contributed by atoms with Crippen LogP contribution in [0.1, 0.15) is 45.4 Å². The van der Waals surface area contributed by atoms with E-state index in [-0.39, 0.29) is 18.4 Å². The van der Waals surface area contributed by atoms with Gasteiger partial charge in [-0.3, -0.25) is 14.5 Å². The van der Waals surface area contributed by atoms with Crippen molar-refractivity contribution in [2.45, 2.75) is 51.0 Å². The smallest absolute Gasteiger partial charge is 0.325 e. The fourth-order valence-electron chi connectivity index (χ4n) is 4.07. The predicted molar refractivity (Wildman–Crippen MR) is 89.3 cm³/mol.